The molecule has 1 spiro atoms. The Hall–Kier alpha value is -1.92. The van der Waals surface area contributed by atoms with Crippen LogP contribution in [0.25, 0.3) is 0 Å². The van der Waals surface area contributed by atoms with Crippen LogP contribution >= 0.6 is 0 Å². The van der Waals surface area contributed by atoms with Crippen LogP contribution in [-0.4, -0.2) is 24.4 Å². The molecular formula is C12H14N4O2. The van der Waals surface area contributed by atoms with Gasteiger partial charge in [-0.15, -0.1) is 0 Å². The molecule has 1 aromatic rings. The smallest absolute Gasteiger partial charge is 0.251 e. The fourth-order valence-corrected chi connectivity index (χ4v) is 2.83. The Kier molecular flexibility index (Phi) is 2.36. The molecule has 2 aliphatic heterocycles. The molecule has 6 nitrogen and oxygen atoms in total. The van der Waals surface area contributed by atoms with E-state index < -0.39 is 11.5 Å². The first-order chi connectivity index (χ1) is 8.67. The molecule has 0 bridgehead atoms. The molecule has 0 aliphatic carbocycles. The van der Waals surface area contributed by atoms with Crippen molar-refractivity contribution in [3.63, 3.8) is 0 Å². The van der Waals surface area contributed by atoms with E-state index in [4.69, 9.17) is 5.84 Å². The highest BCUT2D eigenvalue weighted by Gasteiger charge is 2.52. The topological polar surface area (TPSA) is 96.2 Å². The van der Waals surface area contributed by atoms with Crippen LogP contribution in [-0.2, 0) is 15.0 Å². The van der Waals surface area contributed by atoms with E-state index in [1.807, 2.05) is 24.3 Å². The third-order valence-electron chi connectivity index (χ3n) is 3.79. The zero-order chi connectivity index (χ0) is 12.8. The predicted octanol–water partition coefficient (Wildman–Crippen LogP) is -0.772. The van der Waals surface area contributed by atoms with Gasteiger partial charge < -0.3 is 10.6 Å². The summed E-state index contributed by atoms with van der Waals surface area (Å²) < 4.78 is 0. The molecule has 94 valence electrons. The average molecular weight is 246 g/mol. The van der Waals surface area contributed by atoms with E-state index in [1.165, 1.54) is 0 Å². The van der Waals surface area contributed by atoms with E-state index in [9.17, 15) is 9.59 Å². The number of hydrogen-bond donors (Lipinski definition) is 4. The Balaban J connectivity index is 1.97. The number of carbonyl (C=O) groups excluding carboxylic acids is 2. The minimum Gasteiger partial charge on any atom is -0.325 e. The van der Waals surface area contributed by atoms with Crippen molar-refractivity contribution in [2.45, 2.75) is 17.9 Å². The maximum atomic E-state index is 12.2. The average Bonchev–Trinajstić information content (AvgIpc) is 2.94. The van der Waals surface area contributed by atoms with Crippen LogP contribution in [0.4, 0.5) is 5.69 Å². The number of hydrazine groups is 1. The van der Waals surface area contributed by atoms with Crippen molar-refractivity contribution in [3.8, 4) is 0 Å². The summed E-state index contributed by atoms with van der Waals surface area (Å²) in [5.41, 5.74) is 3.26. The van der Waals surface area contributed by atoms with E-state index in [2.05, 4.69) is 16.1 Å². The van der Waals surface area contributed by atoms with Gasteiger partial charge in [0.05, 0.1) is 11.5 Å². The summed E-state index contributed by atoms with van der Waals surface area (Å²) in [5, 5.41) is 5.92. The first kappa shape index (κ1) is 11.2. The van der Waals surface area contributed by atoms with Crippen LogP contribution in [0.15, 0.2) is 24.3 Å². The highest BCUT2D eigenvalue weighted by Crippen LogP contribution is 2.43. The monoisotopic (exact) mass is 246 g/mol. The van der Waals surface area contributed by atoms with Gasteiger partial charge in [-0.25, -0.2) is 5.84 Å². The summed E-state index contributed by atoms with van der Waals surface area (Å²) >= 11 is 0. The second kappa shape index (κ2) is 3.79. The van der Waals surface area contributed by atoms with E-state index in [-0.39, 0.29) is 11.8 Å². The van der Waals surface area contributed by atoms with Gasteiger partial charge >= 0.3 is 0 Å². The predicted molar refractivity (Wildman–Crippen MR) is 65.5 cm³/mol. The third-order valence-corrected chi connectivity index (χ3v) is 3.79. The van der Waals surface area contributed by atoms with Crippen LogP contribution in [0.3, 0.4) is 0 Å². The Labute approximate surface area is 104 Å². The number of hydrogen-bond acceptors (Lipinski definition) is 4. The molecule has 1 aromatic carbocycles. The van der Waals surface area contributed by atoms with Crippen molar-refractivity contribution >= 4 is 17.5 Å². The highest BCUT2D eigenvalue weighted by atomic mass is 16.2. The van der Waals surface area contributed by atoms with Crippen LogP contribution in [0.2, 0.25) is 0 Å². The SMILES string of the molecule is NNC(=O)[C@@H]1C[C@]2(CN1)C(=O)Nc1ccccc12. The van der Waals surface area contributed by atoms with E-state index in [1.54, 1.807) is 0 Å². The lowest BCUT2D eigenvalue weighted by Crippen LogP contribution is -2.43. The van der Waals surface area contributed by atoms with E-state index in [0.717, 1.165) is 11.3 Å². The number of carbonyl (C=O) groups is 2. The molecule has 0 radical (unpaired) electrons. The summed E-state index contributed by atoms with van der Waals surface area (Å²) in [6.07, 6.45) is 0.429. The minimum atomic E-state index is -0.645. The van der Waals surface area contributed by atoms with E-state index >= 15 is 0 Å². The van der Waals surface area contributed by atoms with Gasteiger partial charge in [-0.3, -0.25) is 15.0 Å². The number of benzene rings is 1. The highest BCUT2D eigenvalue weighted by molar-refractivity contribution is 6.07. The summed E-state index contributed by atoms with van der Waals surface area (Å²) in [7, 11) is 0. The lowest BCUT2D eigenvalue weighted by molar-refractivity contribution is -0.123. The number of amides is 2. The molecule has 6 heteroatoms. The van der Waals surface area contributed by atoms with Gasteiger partial charge in [-0.05, 0) is 18.1 Å². The Morgan fingerprint density at radius 2 is 2.22 bits per heavy atom. The molecule has 0 saturated carbocycles. The zero-order valence-corrected chi connectivity index (χ0v) is 9.69. The summed E-state index contributed by atoms with van der Waals surface area (Å²) in [6.45, 7) is 0.452. The van der Waals surface area contributed by atoms with Gasteiger partial charge in [-0.2, -0.15) is 0 Å². The molecular weight excluding hydrogens is 232 g/mol. The Bertz CT molecular complexity index is 531. The summed E-state index contributed by atoms with van der Waals surface area (Å²) in [4.78, 5) is 23.7. The fraction of sp³-hybridized carbons (Fsp3) is 0.333. The summed E-state index contributed by atoms with van der Waals surface area (Å²) in [6, 6.07) is 7.16. The molecule has 2 heterocycles. The molecule has 0 aromatic heterocycles. The minimum absolute atomic E-state index is 0.0523. The molecule has 2 amide bonds. The first-order valence-electron chi connectivity index (χ1n) is 5.82. The van der Waals surface area contributed by atoms with Crippen LogP contribution in [0.1, 0.15) is 12.0 Å². The second-order valence-electron chi connectivity index (χ2n) is 4.73. The maximum absolute atomic E-state index is 12.2. The van der Waals surface area contributed by atoms with Crippen LogP contribution in [0, 0.1) is 0 Å². The number of nitrogens with one attached hydrogen (secondary N) is 3. The van der Waals surface area contributed by atoms with Crippen molar-refractivity contribution in [2.75, 3.05) is 11.9 Å². The third kappa shape index (κ3) is 1.36. The van der Waals surface area contributed by atoms with E-state index in [0.29, 0.717) is 13.0 Å². The Morgan fingerprint density at radius 3 is 3.00 bits per heavy atom. The first-order valence-corrected chi connectivity index (χ1v) is 5.82. The van der Waals surface area contributed by atoms with Crippen molar-refractivity contribution in [2.24, 2.45) is 5.84 Å². The lowest BCUT2D eigenvalue weighted by Gasteiger charge is -2.19. The van der Waals surface area contributed by atoms with Gasteiger partial charge in [0.2, 0.25) is 5.91 Å². The molecule has 2 atom stereocenters. The normalized spacial score (nSPS) is 29.2. The second-order valence-corrected chi connectivity index (χ2v) is 4.73. The molecule has 1 saturated heterocycles. The number of rotatable bonds is 1. The molecule has 18 heavy (non-hydrogen) atoms. The zero-order valence-electron chi connectivity index (χ0n) is 9.69. The molecule has 3 rings (SSSR count). The number of fused-ring (bicyclic) bond motifs is 2. The van der Waals surface area contributed by atoms with Gasteiger partial charge in [0.1, 0.15) is 0 Å². The van der Waals surface area contributed by atoms with Crippen molar-refractivity contribution in [1.29, 1.82) is 0 Å². The van der Waals surface area contributed by atoms with Gasteiger partial charge in [-0.1, -0.05) is 18.2 Å². The molecule has 2 aliphatic rings. The quantitative estimate of drug-likeness (QED) is 0.297. The van der Waals surface area contributed by atoms with Crippen LogP contribution in [0.5, 0.6) is 0 Å². The lowest BCUT2D eigenvalue weighted by atomic mass is 9.79. The molecule has 1 fully saturated rings. The largest absolute Gasteiger partial charge is 0.325 e. The molecule has 0 unspecified atom stereocenters. The summed E-state index contributed by atoms with van der Waals surface area (Å²) in [5.74, 6) is 4.79. The van der Waals surface area contributed by atoms with Crippen molar-refractivity contribution in [1.82, 2.24) is 10.7 Å². The fourth-order valence-electron chi connectivity index (χ4n) is 2.83. The van der Waals surface area contributed by atoms with Gasteiger partial charge in [0, 0.05) is 12.2 Å². The number of anilines is 1. The van der Waals surface area contributed by atoms with Crippen molar-refractivity contribution in [3.05, 3.63) is 29.8 Å². The standard InChI is InChI=1S/C12H14N4O2/c13-16-10(17)9-5-12(6-14-9)7-3-1-2-4-8(7)15-11(12)18/h1-4,9,14H,5-6,13H2,(H,15,18)(H,16,17)/t9-,12+/m0/s1. The van der Waals surface area contributed by atoms with Crippen LogP contribution < -0.4 is 21.9 Å². The maximum Gasteiger partial charge on any atom is 0.251 e. The van der Waals surface area contributed by atoms with Gasteiger partial charge in [0.15, 0.2) is 0 Å². The Morgan fingerprint density at radius 1 is 1.44 bits per heavy atom. The van der Waals surface area contributed by atoms with Gasteiger partial charge in [0.25, 0.3) is 5.91 Å². The van der Waals surface area contributed by atoms with Crippen molar-refractivity contribution < 1.29 is 9.59 Å². The molecule has 5 N–H and O–H groups in total. The number of para-hydroxylation sites is 1. The number of nitrogens with two attached hydrogens (primary N) is 1.